The normalized spacial score (nSPS) is 33.6. The molecule has 0 heterocycles. The molecule has 0 amide bonds. The molecule has 0 heteroatoms. The fraction of sp³-hybridized carbons (Fsp3) is 0.938. The van der Waals surface area contributed by atoms with Gasteiger partial charge in [-0.2, -0.15) is 0 Å². The lowest BCUT2D eigenvalue weighted by Gasteiger charge is -2.57. The molecule has 0 aromatic heterocycles. The summed E-state index contributed by atoms with van der Waals surface area (Å²) in [7, 11) is 0. The van der Waals surface area contributed by atoms with Crippen LogP contribution in [0.1, 0.15) is 84.0 Å². The van der Waals surface area contributed by atoms with Crippen molar-refractivity contribution in [3.63, 3.8) is 0 Å². The molecule has 0 spiro atoms. The average Bonchev–Trinajstić information content (AvgIpc) is 2.78. The number of rotatable bonds is 2. The standard InChI is InChI=1S/C16H27/c1-15(10-7-11-15)16(12-5-6-13-16)14-8-3-2-4-9-14/h2-13H2,1H3. The van der Waals surface area contributed by atoms with Crippen LogP contribution in [0.5, 0.6) is 0 Å². The van der Waals surface area contributed by atoms with Crippen LogP contribution in [-0.2, 0) is 0 Å². The quantitative estimate of drug-likeness (QED) is 0.593. The highest BCUT2D eigenvalue weighted by Gasteiger charge is 2.55. The largest absolute Gasteiger partial charge is 0.0591 e. The Morgan fingerprint density at radius 2 is 1.31 bits per heavy atom. The van der Waals surface area contributed by atoms with Gasteiger partial charge in [-0.15, -0.1) is 0 Å². The summed E-state index contributed by atoms with van der Waals surface area (Å²) in [4.78, 5) is 0. The van der Waals surface area contributed by atoms with E-state index < -0.39 is 0 Å². The van der Waals surface area contributed by atoms with Crippen molar-refractivity contribution in [2.24, 2.45) is 10.8 Å². The van der Waals surface area contributed by atoms with Crippen LogP contribution < -0.4 is 0 Å². The molecule has 0 bridgehead atoms. The van der Waals surface area contributed by atoms with Gasteiger partial charge in [-0.3, -0.25) is 0 Å². The molecule has 3 rings (SSSR count). The van der Waals surface area contributed by atoms with Crippen LogP contribution >= 0.6 is 0 Å². The van der Waals surface area contributed by atoms with E-state index in [0.29, 0.717) is 5.41 Å². The molecular weight excluding hydrogens is 192 g/mol. The van der Waals surface area contributed by atoms with Crippen molar-refractivity contribution in [2.75, 3.05) is 0 Å². The molecule has 3 fully saturated rings. The zero-order valence-electron chi connectivity index (χ0n) is 11.0. The molecule has 3 aliphatic carbocycles. The molecule has 91 valence electrons. The molecule has 0 aliphatic heterocycles. The Morgan fingerprint density at radius 1 is 0.688 bits per heavy atom. The lowest BCUT2D eigenvalue weighted by molar-refractivity contribution is -0.0180. The molecule has 0 aromatic rings. The van der Waals surface area contributed by atoms with Crippen LogP contribution in [0.3, 0.4) is 0 Å². The van der Waals surface area contributed by atoms with Crippen LogP contribution in [0.2, 0.25) is 0 Å². The Hall–Kier alpha value is 0. The molecule has 3 aliphatic rings. The summed E-state index contributed by atoms with van der Waals surface area (Å²) in [5.41, 5.74) is 1.43. The maximum Gasteiger partial charge on any atom is -0.0174 e. The molecule has 16 heavy (non-hydrogen) atoms. The molecule has 0 nitrogen and oxygen atoms in total. The first kappa shape index (κ1) is 11.1. The van der Waals surface area contributed by atoms with Crippen molar-refractivity contribution >= 4 is 0 Å². The summed E-state index contributed by atoms with van der Waals surface area (Å²) in [6.07, 6.45) is 18.1. The van der Waals surface area contributed by atoms with Crippen molar-refractivity contribution in [2.45, 2.75) is 84.0 Å². The van der Waals surface area contributed by atoms with Gasteiger partial charge in [0.2, 0.25) is 0 Å². The average molecular weight is 219 g/mol. The van der Waals surface area contributed by atoms with Gasteiger partial charge in [0.15, 0.2) is 0 Å². The van der Waals surface area contributed by atoms with E-state index in [4.69, 9.17) is 0 Å². The molecular formula is C16H27. The zero-order valence-corrected chi connectivity index (χ0v) is 11.0. The summed E-state index contributed by atoms with van der Waals surface area (Å²) in [5.74, 6) is 2.01. The topological polar surface area (TPSA) is 0 Å². The van der Waals surface area contributed by atoms with Crippen molar-refractivity contribution < 1.29 is 0 Å². The smallest absolute Gasteiger partial charge is 0.0174 e. The van der Waals surface area contributed by atoms with Gasteiger partial charge in [0, 0.05) is 0 Å². The Bertz CT molecular complexity index is 237. The van der Waals surface area contributed by atoms with Gasteiger partial charge in [-0.05, 0) is 55.3 Å². The highest BCUT2D eigenvalue weighted by molar-refractivity contribution is 5.18. The van der Waals surface area contributed by atoms with Crippen molar-refractivity contribution in [3.8, 4) is 0 Å². The van der Waals surface area contributed by atoms with E-state index in [1.807, 2.05) is 5.92 Å². The number of hydrogen-bond acceptors (Lipinski definition) is 0. The first-order valence-corrected chi connectivity index (χ1v) is 7.62. The second-order valence-corrected chi connectivity index (χ2v) is 6.87. The van der Waals surface area contributed by atoms with E-state index in [2.05, 4.69) is 6.92 Å². The second kappa shape index (κ2) is 4.03. The predicted octanol–water partition coefficient (Wildman–Crippen LogP) is 5.28. The third kappa shape index (κ3) is 1.48. The highest BCUT2D eigenvalue weighted by Crippen LogP contribution is 2.66. The van der Waals surface area contributed by atoms with Crippen LogP contribution in [0.15, 0.2) is 0 Å². The predicted molar refractivity (Wildman–Crippen MR) is 69.2 cm³/mol. The van der Waals surface area contributed by atoms with Crippen molar-refractivity contribution in [1.29, 1.82) is 0 Å². The van der Waals surface area contributed by atoms with E-state index in [1.165, 1.54) is 64.2 Å². The van der Waals surface area contributed by atoms with E-state index in [1.54, 1.807) is 12.8 Å². The molecule has 0 unspecified atom stereocenters. The van der Waals surface area contributed by atoms with Crippen molar-refractivity contribution in [1.82, 2.24) is 0 Å². The number of hydrogen-bond donors (Lipinski definition) is 0. The van der Waals surface area contributed by atoms with E-state index >= 15 is 0 Å². The Morgan fingerprint density at radius 3 is 1.81 bits per heavy atom. The Balaban J connectivity index is 1.83. The molecule has 1 radical (unpaired) electrons. The fourth-order valence-corrected chi connectivity index (χ4v) is 5.01. The minimum atomic E-state index is 0.714. The Kier molecular flexibility index (Phi) is 2.80. The van der Waals surface area contributed by atoms with Gasteiger partial charge in [-0.1, -0.05) is 45.4 Å². The maximum absolute atomic E-state index is 2.61. The van der Waals surface area contributed by atoms with E-state index in [9.17, 15) is 0 Å². The van der Waals surface area contributed by atoms with Gasteiger partial charge < -0.3 is 0 Å². The molecule has 3 saturated carbocycles. The van der Waals surface area contributed by atoms with Gasteiger partial charge in [0.25, 0.3) is 0 Å². The van der Waals surface area contributed by atoms with Crippen LogP contribution in [0.25, 0.3) is 0 Å². The van der Waals surface area contributed by atoms with Crippen LogP contribution in [0.4, 0.5) is 0 Å². The second-order valence-electron chi connectivity index (χ2n) is 6.87. The third-order valence-electron chi connectivity index (χ3n) is 6.20. The van der Waals surface area contributed by atoms with Crippen LogP contribution in [0, 0.1) is 16.7 Å². The summed E-state index contributed by atoms with van der Waals surface area (Å²) < 4.78 is 0. The lowest BCUT2D eigenvalue weighted by atomic mass is 9.47. The fourth-order valence-electron chi connectivity index (χ4n) is 5.01. The van der Waals surface area contributed by atoms with Gasteiger partial charge in [0.1, 0.15) is 0 Å². The van der Waals surface area contributed by atoms with Crippen molar-refractivity contribution in [3.05, 3.63) is 5.92 Å². The minimum absolute atomic E-state index is 0.714. The molecule has 0 aromatic carbocycles. The molecule has 0 N–H and O–H groups in total. The first-order chi connectivity index (χ1) is 7.77. The van der Waals surface area contributed by atoms with E-state index in [-0.39, 0.29) is 0 Å². The first-order valence-electron chi connectivity index (χ1n) is 7.62. The lowest BCUT2D eigenvalue weighted by Crippen LogP contribution is -2.47. The summed E-state index contributed by atoms with van der Waals surface area (Å²) >= 11 is 0. The molecule has 0 atom stereocenters. The highest BCUT2D eigenvalue weighted by atomic mass is 14.6. The Labute approximate surface area is 101 Å². The van der Waals surface area contributed by atoms with Crippen LogP contribution in [-0.4, -0.2) is 0 Å². The van der Waals surface area contributed by atoms with Gasteiger partial charge in [0.05, 0.1) is 0 Å². The minimum Gasteiger partial charge on any atom is -0.0591 e. The van der Waals surface area contributed by atoms with Gasteiger partial charge in [-0.25, -0.2) is 0 Å². The van der Waals surface area contributed by atoms with E-state index in [0.717, 1.165) is 5.41 Å². The molecule has 0 saturated heterocycles. The summed E-state index contributed by atoms with van der Waals surface area (Å²) in [6, 6.07) is 0. The third-order valence-corrected chi connectivity index (χ3v) is 6.20. The monoisotopic (exact) mass is 219 g/mol. The maximum atomic E-state index is 2.61. The SMILES string of the molecule is CC1(C2([C]3CCCCC3)CCCC2)CCC1. The van der Waals surface area contributed by atoms with Gasteiger partial charge >= 0.3 is 0 Å². The summed E-state index contributed by atoms with van der Waals surface area (Å²) in [5, 5.41) is 0. The summed E-state index contributed by atoms with van der Waals surface area (Å²) in [6.45, 7) is 2.61. The zero-order chi connectivity index (χ0) is 11.1.